The molecule has 2 aromatic heterocycles. The number of methoxy groups -OCH3 is 4. The molecule has 0 spiro atoms. The second kappa shape index (κ2) is 19.0. The Bertz CT molecular complexity index is 2050. The Morgan fingerprint density at radius 1 is 0.818 bits per heavy atom. The lowest BCUT2D eigenvalue weighted by molar-refractivity contribution is 0.0749. The monoisotopic (exact) mass is 746 g/mol. The number of aliphatic hydroxyl groups is 1. The van der Waals surface area contributed by atoms with Crippen molar-refractivity contribution in [2.24, 2.45) is 0 Å². The van der Waals surface area contributed by atoms with Crippen LogP contribution in [0.25, 0.3) is 5.65 Å². The van der Waals surface area contributed by atoms with E-state index in [0.717, 1.165) is 29.5 Å². The Balaban J connectivity index is 1.43. The summed E-state index contributed by atoms with van der Waals surface area (Å²) in [5.41, 5.74) is 4.39. The molecule has 0 aliphatic carbocycles. The standard InChI is InChI=1S/C43H48N5O7/c1-6-13-34(22-23-54-29-30-14-9-7-10-15-30)55-43-45-42(41-44-26-37(48(41)46-43)40(49)31-16-11-8-12-17-31)47(27-32-18-20-35(50-2)24-38(32)52-4)28-33-19-21-36(51-3)25-39(33)53-5/h7-11,14-21,24-26,34,40,49H,6,13,22-23,27-29H2,1-5H3. The number of hydrogen-bond acceptors (Lipinski definition) is 11. The summed E-state index contributed by atoms with van der Waals surface area (Å²) in [6.07, 6.45) is 2.63. The Kier molecular flexibility index (Phi) is 13.4. The van der Waals surface area contributed by atoms with E-state index in [9.17, 15) is 5.11 Å². The number of benzene rings is 4. The molecule has 2 atom stereocenters. The van der Waals surface area contributed by atoms with Crippen molar-refractivity contribution in [1.29, 1.82) is 0 Å². The van der Waals surface area contributed by atoms with E-state index in [-0.39, 0.29) is 12.1 Å². The van der Waals surface area contributed by atoms with Gasteiger partial charge in [0.2, 0.25) is 0 Å². The van der Waals surface area contributed by atoms with E-state index in [2.05, 4.69) is 17.9 Å². The van der Waals surface area contributed by atoms with Gasteiger partial charge < -0.3 is 38.4 Å². The first kappa shape index (κ1) is 38.9. The largest absolute Gasteiger partial charge is 0.497 e. The van der Waals surface area contributed by atoms with Gasteiger partial charge in [0.25, 0.3) is 0 Å². The summed E-state index contributed by atoms with van der Waals surface area (Å²) < 4.78 is 36.9. The maximum atomic E-state index is 11.6. The quantitative estimate of drug-likeness (QED) is 0.0787. The lowest BCUT2D eigenvalue weighted by Gasteiger charge is -2.27. The first-order valence-electron chi connectivity index (χ1n) is 18.3. The molecule has 0 saturated heterocycles. The van der Waals surface area contributed by atoms with Gasteiger partial charge in [-0.15, -0.1) is 5.10 Å². The van der Waals surface area contributed by atoms with Crippen LogP contribution in [-0.4, -0.2) is 65.8 Å². The van der Waals surface area contributed by atoms with Gasteiger partial charge >= 0.3 is 6.01 Å². The van der Waals surface area contributed by atoms with Gasteiger partial charge in [0.1, 0.15) is 35.2 Å². The van der Waals surface area contributed by atoms with Crippen LogP contribution < -0.4 is 28.6 Å². The third-order valence-electron chi connectivity index (χ3n) is 9.27. The minimum absolute atomic E-state index is 0.142. The van der Waals surface area contributed by atoms with E-state index in [1.807, 2.05) is 78.9 Å². The Morgan fingerprint density at radius 3 is 2.11 bits per heavy atom. The number of anilines is 1. The van der Waals surface area contributed by atoms with Crippen LogP contribution in [0.1, 0.15) is 60.2 Å². The zero-order valence-electron chi connectivity index (χ0n) is 32.0. The summed E-state index contributed by atoms with van der Waals surface area (Å²) in [6, 6.07) is 31.9. The third-order valence-corrected chi connectivity index (χ3v) is 9.27. The molecule has 12 nitrogen and oxygen atoms in total. The van der Waals surface area contributed by atoms with E-state index in [1.165, 1.54) is 0 Å². The predicted octanol–water partition coefficient (Wildman–Crippen LogP) is 7.40. The molecule has 1 N–H and O–H groups in total. The molecule has 55 heavy (non-hydrogen) atoms. The number of imidazole rings is 1. The van der Waals surface area contributed by atoms with E-state index >= 15 is 0 Å². The number of ether oxygens (including phenoxy) is 6. The Hall–Kier alpha value is -5.85. The molecular formula is C43H48N5O7. The second-order valence-electron chi connectivity index (χ2n) is 12.9. The van der Waals surface area contributed by atoms with Crippen molar-refractivity contribution < 1.29 is 33.5 Å². The van der Waals surface area contributed by atoms with Gasteiger partial charge in [-0.3, -0.25) is 0 Å². The van der Waals surface area contributed by atoms with Crippen LogP contribution in [0.4, 0.5) is 5.82 Å². The van der Waals surface area contributed by atoms with Crippen LogP contribution in [0.3, 0.4) is 0 Å². The molecule has 0 saturated carbocycles. The van der Waals surface area contributed by atoms with Gasteiger partial charge in [-0.2, -0.15) is 4.98 Å². The lowest BCUT2D eigenvalue weighted by atomic mass is 10.1. The fraction of sp³-hybridized carbons (Fsp3) is 0.326. The summed E-state index contributed by atoms with van der Waals surface area (Å²) in [6.45, 7) is 3.81. The van der Waals surface area contributed by atoms with Crippen molar-refractivity contribution in [2.45, 2.75) is 58.1 Å². The highest BCUT2D eigenvalue weighted by molar-refractivity contribution is 5.66. The van der Waals surface area contributed by atoms with Crippen molar-refractivity contribution >= 4 is 11.5 Å². The van der Waals surface area contributed by atoms with Crippen molar-refractivity contribution in [3.05, 3.63) is 131 Å². The van der Waals surface area contributed by atoms with Crippen molar-refractivity contribution in [3.8, 4) is 29.0 Å². The smallest absolute Gasteiger partial charge is 0.336 e. The highest BCUT2D eigenvalue weighted by Crippen LogP contribution is 2.34. The fourth-order valence-corrected chi connectivity index (χ4v) is 6.36. The first-order chi connectivity index (χ1) is 26.9. The molecule has 4 aromatic carbocycles. The third kappa shape index (κ3) is 9.64. The summed E-state index contributed by atoms with van der Waals surface area (Å²) >= 11 is 0. The molecule has 2 unspecified atom stereocenters. The summed E-state index contributed by atoms with van der Waals surface area (Å²) in [7, 11) is 6.50. The van der Waals surface area contributed by atoms with Gasteiger partial charge in [-0.25, -0.2) is 9.50 Å². The van der Waals surface area contributed by atoms with Crippen LogP contribution in [0.2, 0.25) is 0 Å². The number of fused-ring (bicyclic) bond motifs is 1. The number of hydrogen-bond donors (Lipinski definition) is 1. The number of nitrogens with zero attached hydrogens (tertiary/aromatic N) is 5. The minimum Gasteiger partial charge on any atom is -0.497 e. The summed E-state index contributed by atoms with van der Waals surface area (Å²) in [5, 5.41) is 16.5. The van der Waals surface area contributed by atoms with Crippen molar-refractivity contribution in [2.75, 3.05) is 39.9 Å². The summed E-state index contributed by atoms with van der Waals surface area (Å²) in [4.78, 5) is 11.9. The van der Waals surface area contributed by atoms with Crippen molar-refractivity contribution in [1.82, 2.24) is 19.6 Å². The normalized spacial score (nSPS) is 12.3. The molecular weight excluding hydrogens is 699 g/mol. The highest BCUT2D eigenvalue weighted by atomic mass is 16.5. The fourth-order valence-electron chi connectivity index (χ4n) is 6.36. The zero-order valence-corrected chi connectivity index (χ0v) is 32.0. The van der Waals surface area contributed by atoms with Gasteiger partial charge in [0.15, 0.2) is 11.5 Å². The zero-order chi connectivity index (χ0) is 38.6. The molecule has 0 aliphatic rings. The minimum atomic E-state index is -1.04. The Labute approximate surface area is 322 Å². The maximum absolute atomic E-state index is 11.6. The number of aliphatic hydroxyl groups excluding tert-OH is 1. The number of rotatable bonds is 20. The average molecular weight is 747 g/mol. The van der Waals surface area contributed by atoms with Gasteiger partial charge in [-0.1, -0.05) is 61.9 Å². The molecule has 2 heterocycles. The molecule has 0 amide bonds. The van der Waals surface area contributed by atoms with Crippen molar-refractivity contribution in [3.63, 3.8) is 0 Å². The molecule has 6 rings (SSSR count). The van der Waals surface area contributed by atoms with E-state index in [0.29, 0.717) is 78.4 Å². The second-order valence-corrected chi connectivity index (χ2v) is 12.9. The van der Waals surface area contributed by atoms with E-state index < -0.39 is 6.10 Å². The molecule has 6 aromatic rings. The van der Waals surface area contributed by atoms with Crippen LogP contribution >= 0.6 is 0 Å². The average Bonchev–Trinajstić information content (AvgIpc) is 3.66. The van der Waals surface area contributed by atoms with Crippen LogP contribution in [0.5, 0.6) is 29.0 Å². The molecule has 0 aliphatic heterocycles. The van der Waals surface area contributed by atoms with E-state index in [4.69, 9.17) is 43.5 Å². The van der Waals surface area contributed by atoms with Crippen LogP contribution in [-0.2, 0) is 24.4 Å². The van der Waals surface area contributed by atoms with Gasteiger partial charge in [-0.05, 0) is 53.9 Å². The topological polar surface area (TPSA) is 122 Å². The van der Waals surface area contributed by atoms with Crippen LogP contribution in [0, 0.1) is 6.07 Å². The van der Waals surface area contributed by atoms with Crippen LogP contribution in [0.15, 0.2) is 97.2 Å². The molecule has 0 bridgehead atoms. The van der Waals surface area contributed by atoms with Gasteiger partial charge in [0.05, 0.1) is 53.5 Å². The maximum Gasteiger partial charge on any atom is 0.336 e. The molecule has 287 valence electrons. The molecule has 1 radical (unpaired) electrons. The lowest BCUT2D eigenvalue weighted by Crippen LogP contribution is -2.27. The SMILES string of the molecule is CCCC(CCOCc1ccccc1)Oc1nc(N(Cc2ccc(OC)cc2OC)Cc2ccc(OC)cc2OC)c2ncc(C(O)c3c[c]ccc3)n2n1. The molecule has 0 fully saturated rings. The van der Waals surface area contributed by atoms with Gasteiger partial charge in [0, 0.05) is 42.8 Å². The first-order valence-corrected chi connectivity index (χ1v) is 18.3. The van der Waals surface area contributed by atoms with E-state index in [1.54, 1.807) is 51.3 Å². The highest BCUT2D eigenvalue weighted by Gasteiger charge is 2.26. The Morgan fingerprint density at radius 2 is 1.51 bits per heavy atom. The summed E-state index contributed by atoms with van der Waals surface area (Å²) in [5.74, 6) is 3.11. The predicted molar refractivity (Wildman–Crippen MR) is 209 cm³/mol. The number of aromatic nitrogens is 4. The molecule has 12 heteroatoms.